The number of para-hydroxylation sites is 1. The Kier molecular flexibility index (Phi) is 5.13. The zero-order valence-corrected chi connectivity index (χ0v) is 15.8. The van der Waals surface area contributed by atoms with E-state index in [0.29, 0.717) is 11.4 Å². The molecule has 0 fully saturated rings. The predicted octanol–water partition coefficient (Wildman–Crippen LogP) is 4.39. The topological polar surface area (TPSA) is 103 Å². The molecule has 0 radical (unpaired) electrons. The minimum atomic E-state index is -3.64. The van der Waals surface area contributed by atoms with Crippen LogP contribution >= 0.6 is 11.3 Å². The summed E-state index contributed by atoms with van der Waals surface area (Å²) in [4.78, 5) is 0.906. The first-order valence-electron chi connectivity index (χ1n) is 7.73. The first-order chi connectivity index (χ1) is 12.9. The monoisotopic (exact) mass is 395 g/mol. The molecule has 0 aliphatic carbocycles. The molecule has 0 aliphatic rings. The van der Waals surface area contributed by atoms with Gasteiger partial charge in [0.05, 0.1) is 11.1 Å². The van der Waals surface area contributed by atoms with Crippen molar-refractivity contribution in [3.8, 4) is 23.6 Å². The maximum absolute atomic E-state index is 12.4. The summed E-state index contributed by atoms with van der Waals surface area (Å²) in [6.07, 6.45) is 0. The van der Waals surface area contributed by atoms with Crippen LogP contribution in [0.25, 0.3) is 0 Å². The van der Waals surface area contributed by atoms with E-state index in [1.807, 2.05) is 19.1 Å². The van der Waals surface area contributed by atoms with Gasteiger partial charge in [0.15, 0.2) is 5.75 Å². The van der Waals surface area contributed by atoms with E-state index in [1.165, 1.54) is 11.3 Å². The van der Waals surface area contributed by atoms with Gasteiger partial charge in [0.1, 0.15) is 22.1 Å². The maximum atomic E-state index is 12.4. The molecule has 8 heteroatoms. The average Bonchev–Trinajstić information content (AvgIpc) is 3.10. The number of aryl methyl sites for hydroxylation is 1. The molecule has 134 valence electrons. The third-order valence-corrected chi connectivity index (χ3v) is 6.44. The van der Waals surface area contributed by atoms with Gasteiger partial charge in [-0.1, -0.05) is 6.07 Å². The van der Waals surface area contributed by atoms with Crippen LogP contribution in [0.3, 0.4) is 0 Å². The number of ether oxygens (including phenoxy) is 1. The molecule has 27 heavy (non-hydrogen) atoms. The Morgan fingerprint density at radius 3 is 2.11 bits per heavy atom. The summed E-state index contributed by atoms with van der Waals surface area (Å²) < 4.78 is 33.1. The summed E-state index contributed by atoms with van der Waals surface area (Å²) in [7, 11) is -3.64. The molecule has 3 rings (SSSR count). The Morgan fingerprint density at radius 1 is 0.963 bits per heavy atom. The molecule has 0 atom stereocenters. The highest BCUT2D eigenvalue weighted by molar-refractivity contribution is 7.94. The normalized spacial score (nSPS) is 10.6. The molecule has 0 bridgehead atoms. The highest BCUT2D eigenvalue weighted by Crippen LogP contribution is 2.30. The predicted molar refractivity (Wildman–Crippen MR) is 102 cm³/mol. The summed E-state index contributed by atoms with van der Waals surface area (Å²) in [5.41, 5.74) is 0.862. The third kappa shape index (κ3) is 4.09. The zero-order chi connectivity index (χ0) is 19.4. The zero-order valence-electron chi connectivity index (χ0n) is 14.1. The SMILES string of the molecule is Cc1ccc(S(=O)(=O)Nc2ccc(Oc3c(C#N)cccc3C#N)cc2)s1. The second-order valence-electron chi connectivity index (χ2n) is 5.50. The van der Waals surface area contributed by atoms with Gasteiger partial charge in [0.2, 0.25) is 0 Å². The fourth-order valence-electron chi connectivity index (χ4n) is 2.29. The van der Waals surface area contributed by atoms with Crippen LogP contribution in [-0.4, -0.2) is 8.42 Å². The lowest BCUT2D eigenvalue weighted by molar-refractivity contribution is 0.479. The summed E-state index contributed by atoms with van der Waals surface area (Å²) >= 11 is 1.19. The lowest BCUT2D eigenvalue weighted by atomic mass is 10.1. The highest BCUT2D eigenvalue weighted by atomic mass is 32.2. The molecule has 1 aromatic heterocycles. The van der Waals surface area contributed by atoms with Gasteiger partial charge in [0, 0.05) is 10.6 Å². The van der Waals surface area contributed by atoms with Crippen molar-refractivity contribution >= 4 is 27.0 Å². The molecular formula is C19H13N3O3S2. The van der Waals surface area contributed by atoms with Crippen LogP contribution in [0.4, 0.5) is 5.69 Å². The van der Waals surface area contributed by atoms with Gasteiger partial charge in [-0.05, 0) is 55.5 Å². The number of thiophene rings is 1. The molecule has 1 heterocycles. The van der Waals surface area contributed by atoms with E-state index < -0.39 is 10.0 Å². The number of benzene rings is 2. The molecular weight excluding hydrogens is 382 g/mol. The van der Waals surface area contributed by atoms with Crippen molar-refractivity contribution in [2.24, 2.45) is 0 Å². The number of nitrogens with one attached hydrogen (secondary N) is 1. The van der Waals surface area contributed by atoms with E-state index in [1.54, 1.807) is 54.6 Å². The number of rotatable bonds is 5. The largest absolute Gasteiger partial charge is 0.455 e. The number of anilines is 1. The van der Waals surface area contributed by atoms with Crippen molar-refractivity contribution in [3.63, 3.8) is 0 Å². The molecule has 0 saturated carbocycles. The second-order valence-corrected chi connectivity index (χ2v) is 8.70. The quantitative estimate of drug-likeness (QED) is 0.690. The minimum absolute atomic E-state index is 0.171. The summed E-state index contributed by atoms with van der Waals surface area (Å²) in [6, 6.07) is 18.2. The van der Waals surface area contributed by atoms with Crippen molar-refractivity contribution in [3.05, 3.63) is 70.6 Å². The molecule has 0 unspecified atom stereocenters. The Balaban J connectivity index is 1.81. The molecule has 0 saturated heterocycles. The van der Waals surface area contributed by atoms with Crippen LogP contribution in [-0.2, 0) is 10.0 Å². The van der Waals surface area contributed by atoms with Crippen molar-refractivity contribution in [1.29, 1.82) is 10.5 Å². The van der Waals surface area contributed by atoms with Crippen molar-refractivity contribution in [1.82, 2.24) is 0 Å². The third-order valence-electron chi connectivity index (χ3n) is 3.56. The van der Waals surface area contributed by atoms with Crippen molar-refractivity contribution < 1.29 is 13.2 Å². The lowest BCUT2D eigenvalue weighted by Crippen LogP contribution is -2.11. The van der Waals surface area contributed by atoms with Crippen LogP contribution in [0.5, 0.6) is 11.5 Å². The van der Waals surface area contributed by atoms with Gasteiger partial charge in [-0.15, -0.1) is 11.3 Å². The maximum Gasteiger partial charge on any atom is 0.271 e. The average molecular weight is 395 g/mol. The number of hydrogen-bond donors (Lipinski definition) is 1. The Bertz CT molecular complexity index is 1140. The number of nitrogens with zero attached hydrogens (tertiary/aromatic N) is 2. The number of nitriles is 2. The summed E-state index contributed by atoms with van der Waals surface area (Å²) in [5.74, 6) is 0.550. The van der Waals surface area contributed by atoms with E-state index in [9.17, 15) is 18.9 Å². The van der Waals surface area contributed by atoms with Crippen LogP contribution in [0.2, 0.25) is 0 Å². The molecule has 6 nitrogen and oxygen atoms in total. The van der Waals surface area contributed by atoms with E-state index >= 15 is 0 Å². The minimum Gasteiger partial charge on any atom is -0.455 e. The van der Waals surface area contributed by atoms with Gasteiger partial charge >= 0.3 is 0 Å². The Hall–Kier alpha value is -3.33. The number of hydrogen-bond acceptors (Lipinski definition) is 6. The fourth-order valence-corrected chi connectivity index (χ4v) is 4.64. The fraction of sp³-hybridized carbons (Fsp3) is 0.0526. The molecule has 3 aromatic rings. The first kappa shape index (κ1) is 18.5. The first-order valence-corrected chi connectivity index (χ1v) is 10.0. The molecule has 2 aromatic carbocycles. The van der Waals surface area contributed by atoms with Gasteiger partial charge in [-0.25, -0.2) is 8.42 Å². The second kappa shape index (κ2) is 7.50. The van der Waals surface area contributed by atoms with Crippen molar-refractivity contribution in [2.75, 3.05) is 4.72 Å². The van der Waals surface area contributed by atoms with E-state index in [2.05, 4.69) is 4.72 Å². The number of sulfonamides is 1. The van der Waals surface area contributed by atoms with E-state index in [-0.39, 0.29) is 21.1 Å². The smallest absolute Gasteiger partial charge is 0.271 e. The van der Waals surface area contributed by atoms with E-state index in [0.717, 1.165) is 4.88 Å². The van der Waals surface area contributed by atoms with Gasteiger partial charge in [-0.3, -0.25) is 4.72 Å². The Morgan fingerprint density at radius 2 is 1.59 bits per heavy atom. The lowest BCUT2D eigenvalue weighted by Gasteiger charge is -2.10. The standard InChI is InChI=1S/C19H13N3O3S2/c1-13-5-10-18(26-13)27(23,24)22-16-6-8-17(9-7-16)25-19-14(11-20)3-2-4-15(19)12-21/h2-10,22H,1H3. The van der Waals surface area contributed by atoms with Crippen LogP contribution in [0.15, 0.2) is 58.8 Å². The van der Waals surface area contributed by atoms with Crippen LogP contribution in [0, 0.1) is 29.6 Å². The Labute approximate surface area is 160 Å². The van der Waals surface area contributed by atoms with Gasteiger partial charge in [0.25, 0.3) is 10.0 Å². The summed E-state index contributed by atoms with van der Waals surface area (Å²) in [6.45, 7) is 1.84. The van der Waals surface area contributed by atoms with Gasteiger partial charge < -0.3 is 4.74 Å². The van der Waals surface area contributed by atoms with E-state index in [4.69, 9.17) is 4.74 Å². The van der Waals surface area contributed by atoms with Crippen LogP contribution < -0.4 is 9.46 Å². The van der Waals surface area contributed by atoms with Crippen molar-refractivity contribution in [2.45, 2.75) is 11.1 Å². The molecule has 1 N–H and O–H groups in total. The molecule has 0 aliphatic heterocycles. The van der Waals surface area contributed by atoms with Crippen LogP contribution in [0.1, 0.15) is 16.0 Å². The molecule has 0 spiro atoms. The molecule has 0 amide bonds. The highest BCUT2D eigenvalue weighted by Gasteiger charge is 2.16. The summed E-state index contributed by atoms with van der Waals surface area (Å²) in [5, 5.41) is 18.4. The van der Waals surface area contributed by atoms with Gasteiger partial charge in [-0.2, -0.15) is 10.5 Å².